The average molecular weight is 588 g/mol. The standard InChI is InChI=1S/C44H29NO/c1-44(2)37-24-27(16-18-35(37)36-19-17-32(25-38(36)44)43-45-39-10-6-7-11-40(39)46-43)34-22-30-14-12-28-20-33(26-8-4-3-5-9-26)21-29-13-15-31(23-34)42(30)41(28)29/h3-25H,1-2H3. The van der Waals surface area contributed by atoms with Gasteiger partial charge in [-0.2, -0.15) is 0 Å². The third-order valence-electron chi connectivity index (χ3n) is 10.2. The van der Waals surface area contributed by atoms with Crippen LogP contribution in [0.15, 0.2) is 144 Å². The van der Waals surface area contributed by atoms with Gasteiger partial charge >= 0.3 is 0 Å². The molecule has 1 aliphatic carbocycles. The largest absolute Gasteiger partial charge is 0.436 e. The van der Waals surface area contributed by atoms with Crippen LogP contribution in [0.5, 0.6) is 0 Å². The van der Waals surface area contributed by atoms with Crippen molar-refractivity contribution in [2.24, 2.45) is 0 Å². The van der Waals surface area contributed by atoms with Gasteiger partial charge in [-0.3, -0.25) is 0 Å². The fourth-order valence-electron chi connectivity index (χ4n) is 7.85. The first-order valence-corrected chi connectivity index (χ1v) is 16.0. The molecule has 0 saturated carbocycles. The van der Waals surface area contributed by atoms with E-state index >= 15 is 0 Å². The van der Waals surface area contributed by atoms with E-state index in [1.165, 1.54) is 76.8 Å². The molecule has 0 atom stereocenters. The Kier molecular flexibility index (Phi) is 5.09. The van der Waals surface area contributed by atoms with Gasteiger partial charge in [0.25, 0.3) is 0 Å². The molecule has 10 rings (SSSR count). The Hall–Kier alpha value is -5.73. The lowest BCUT2D eigenvalue weighted by Crippen LogP contribution is -2.15. The van der Waals surface area contributed by atoms with E-state index in [-0.39, 0.29) is 5.41 Å². The maximum absolute atomic E-state index is 6.13. The smallest absolute Gasteiger partial charge is 0.227 e. The Labute approximate surface area is 266 Å². The quantitative estimate of drug-likeness (QED) is 0.192. The lowest BCUT2D eigenvalue weighted by Gasteiger charge is -2.22. The van der Waals surface area contributed by atoms with Crippen molar-refractivity contribution >= 4 is 43.4 Å². The lowest BCUT2D eigenvalue weighted by atomic mass is 9.81. The van der Waals surface area contributed by atoms with Crippen LogP contribution < -0.4 is 0 Å². The van der Waals surface area contributed by atoms with Crippen molar-refractivity contribution in [3.63, 3.8) is 0 Å². The summed E-state index contributed by atoms with van der Waals surface area (Å²) in [5.41, 5.74) is 12.8. The molecule has 0 N–H and O–H groups in total. The maximum Gasteiger partial charge on any atom is 0.227 e. The average Bonchev–Trinajstić information content (AvgIpc) is 3.63. The zero-order valence-electron chi connectivity index (χ0n) is 25.6. The molecule has 1 aromatic heterocycles. The van der Waals surface area contributed by atoms with Crippen molar-refractivity contribution in [1.29, 1.82) is 0 Å². The molecule has 2 heteroatoms. The molecular weight excluding hydrogens is 558 g/mol. The monoisotopic (exact) mass is 587 g/mol. The highest BCUT2D eigenvalue weighted by Gasteiger charge is 2.36. The van der Waals surface area contributed by atoms with Gasteiger partial charge < -0.3 is 4.42 Å². The summed E-state index contributed by atoms with van der Waals surface area (Å²) in [5, 5.41) is 7.83. The summed E-state index contributed by atoms with van der Waals surface area (Å²) in [7, 11) is 0. The Morgan fingerprint density at radius 1 is 0.457 bits per heavy atom. The minimum atomic E-state index is -0.157. The summed E-state index contributed by atoms with van der Waals surface area (Å²) < 4.78 is 6.13. The van der Waals surface area contributed by atoms with Gasteiger partial charge in [0.05, 0.1) is 0 Å². The zero-order chi connectivity index (χ0) is 30.6. The van der Waals surface area contributed by atoms with Crippen LogP contribution in [0.4, 0.5) is 0 Å². The van der Waals surface area contributed by atoms with Gasteiger partial charge in [-0.25, -0.2) is 4.98 Å². The van der Waals surface area contributed by atoms with E-state index in [1.807, 2.05) is 24.3 Å². The van der Waals surface area contributed by atoms with Gasteiger partial charge in [0.1, 0.15) is 5.52 Å². The molecular formula is C44H29NO. The van der Waals surface area contributed by atoms with Crippen molar-refractivity contribution in [2.45, 2.75) is 19.3 Å². The third kappa shape index (κ3) is 3.61. The maximum atomic E-state index is 6.13. The number of benzene rings is 8. The predicted molar refractivity (Wildman–Crippen MR) is 192 cm³/mol. The van der Waals surface area contributed by atoms with Gasteiger partial charge in [0.15, 0.2) is 5.58 Å². The molecule has 0 unspecified atom stereocenters. The van der Waals surface area contributed by atoms with Gasteiger partial charge in [0, 0.05) is 11.0 Å². The molecule has 0 radical (unpaired) electrons. The third-order valence-corrected chi connectivity index (χ3v) is 10.2. The minimum Gasteiger partial charge on any atom is -0.436 e. The van der Waals surface area contributed by atoms with E-state index in [0.29, 0.717) is 5.89 Å². The Balaban J connectivity index is 1.07. The highest BCUT2D eigenvalue weighted by Crippen LogP contribution is 2.51. The topological polar surface area (TPSA) is 26.0 Å². The second-order valence-corrected chi connectivity index (χ2v) is 13.2. The summed E-state index contributed by atoms with van der Waals surface area (Å²) in [6.07, 6.45) is 0. The molecule has 1 heterocycles. The Bertz CT molecular complexity index is 2560. The molecule has 0 spiro atoms. The number of aromatic nitrogens is 1. The van der Waals surface area contributed by atoms with E-state index < -0.39 is 0 Å². The molecule has 9 aromatic rings. The summed E-state index contributed by atoms with van der Waals surface area (Å²) in [6.45, 7) is 4.67. The van der Waals surface area contributed by atoms with Crippen LogP contribution in [0, 0.1) is 0 Å². The molecule has 2 nitrogen and oxygen atoms in total. The Morgan fingerprint density at radius 2 is 0.978 bits per heavy atom. The zero-order valence-corrected chi connectivity index (χ0v) is 25.6. The van der Waals surface area contributed by atoms with Crippen molar-refractivity contribution in [2.75, 3.05) is 0 Å². The first kappa shape index (κ1) is 25.6. The molecule has 0 saturated heterocycles. The van der Waals surface area contributed by atoms with Crippen LogP contribution in [0.25, 0.3) is 88.3 Å². The SMILES string of the molecule is CC1(C)c2cc(-c3cc4ccc5cc(-c6ccccc6)cc6ccc(c3)c4c56)ccc2-c2ccc(-c3nc4ccccc4o3)cc21. The summed E-state index contributed by atoms with van der Waals surface area (Å²) in [4.78, 5) is 4.77. The fraction of sp³-hybridized carbons (Fsp3) is 0.0682. The van der Waals surface area contributed by atoms with Gasteiger partial charge in [-0.1, -0.05) is 98.8 Å². The summed E-state index contributed by atoms with van der Waals surface area (Å²) >= 11 is 0. The number of hydrogen-bond acceptors (Lipinski definition) is 2. The van der Waals surface area contributed by atoms with Crippen LogP contribution in [0.1, 0.15) is 25.0 Å². The van der Waals surface area contributed by atoms with Gasteiger partial charge in [0.2, 0.25) is 5.89 Å². The molecule has 216 valence electrons. The van der Waals surface area contributed by atoms with Crippen molar-refractivity contribution < 1.29 is 4.42 Å². The van der Waals surface area contributed by atoms with Crippen LogP contribution in [-0.4, -0.2) is 4.98 Å². The number of nitrogens with zero attached hydrogens (tertiary/aromatic N) is 1. The molecule has 46 heavy (non-hydrogen) atoms. The first-order valence-electron chi connectivity index (χ1n) is 16.0. The molecule has 8 aromatic carbocycles. The van der Waals surface area contributed by atoms with Crippen molar-refractivity contribution in [1.82, 2.24) is 4.98 Å². The minimum absolute atomic E-state index is 0.157. The van der Waals surface area contributed by atoms with Crippen LogP contribution in [0.3, 0.4) is 0 Å². The molecule has 0 bridgehead atoms. The highest BCUT2D eigenvalue weighted by molar-refractivity contribution is 6.24. The fourth-order valence-corrected chi connectivity index (χ4v) is 7.85. The summed E-state index contributed by atoms with van der Waals surface area (Å²) in [5.74, 6) is 0.668. The van der Waals surface area contributed by atoms with Crippen LogP contribution in [-0.2, 0) is 5.41 Å². The van der Waals surface area contributed by atoms with E-state index in [9.17, 15) is 0 Å². The predicted octanol–water partition coefficient (Wildman–Crippen LogP) is 12.0. The number of hydrogen-bond donors (Lipinski definition) is 0. The highest BCUT2D eigenvalue weighted by atomic mass is 16.3. The van der Waals surface area contributed by atoms with Crippen molar-refractivity contribution in [3.05, 3.63) is 151 Å². The number of para-hydroxylation sites is 2. The number of oxazole rings is 1. The Morgan fingerprint density at radius 3 is 1.59 bits per heavy atom. The first-order chi connectivity index (χ1) is 22.5. The number of rotatable bonds is 3. The second kappa shape index (κ2) is 9.15. The van der Waals surface area contributed by atoms with Crippen molar-refractivity contribution in [3.8, 4) is 44.8 Å². The molecule has 0 fully saturated rings. The summed E-state index contributed by atoms with van der Waals surface area (Å²) in [6, 6.07) is 50.9. The lowest BCUT2D eigenvalue weighted by molar-refractivity contribution is 0.618. The van der Waals surface area contributed by atoms with E-state index in [4.69, 9.17) is 9.40 Å². The van der Waals surface area contributed by atoms with Crippen LogP contribution in [0.2, 0.25) is 0 Å². The van der Waals surface area contributed by atoms with E-state index in [2.05, 4.69) is 129 Å². The molecule has 1 aliphatic rings. The van der Waals surface area contributed by atoms with Gasteiger partial charge in [-0.15, -0.1) is 0 Å². The normalized spacial score (nSPS) is 13.6. The van der Waals surface area contributed by atoms with Crippen LogP contribution >= 0.6 is 0 Å². The molecule has 0 aliphatic heterocycles. The molecule has 0 amide bonds. The second-order valence-electron chi connectivity index (χ2n) is 13.2. The number of fused-ring (bicyclic) bond motifs is 4. The van der Waals surface area contributed by atoms with E-state index in [1.54, 1.807) is 0 Å². The van der Waals surface area contributed by atoms with E-state index in [0.717, 1.165) is 16.7 Å². The van der Waals surface area contributed by atoms with Gasteiger partial charge in [-0.05, 0) is 131 Å².